The van der Waals surface area contributed by atoms with Crippen LogP contribution in [0, 0.1) is 0 Å². The van der Waals surface area contributed by atoms with Crippen LogP contribution in [0.5, 0.6) is 0 Å². The average molecular weight is 310 g/mol. The summed E-state index contributed by atoms with van der Waals surface area (Å²) in [5, 5.41) is 3.30. The number of nitrogens with one attached hydrogen (secondary N) is 1. The highest BCUT2D eigenvalue weighted by Gasteiger charge is 2.17. The van der Waals surface area contributed by atoms with Crippen molar-refractivity contribution >= 4 is 11.6 Å². The molecule has 1 aliphatic rings. The molecule has 1 amide bonds. The minimum Gasteiger partial charge on any atom is -0.380 e. The summed E-state index contributed by atoms with van der Waals surface area (Å²) in [5.74, 6) is 0.0874. The van der Waals surface area contributed by atoms with Crippen LogP contribution in [0.3, 0.4) is 0 Å². The summed E-state index contributed by atoms with van der Waals surface area (Å²) in [6.45, 7) is 2.37. The molecule has 2 aromatic heterocycles. The predicted octanol–water partition coefficient (Wildman–Crippen LogP) is 3.10. The Morgan fingerprint density at radius 1 is 1.09 bits per heavy atom. The molecule has 5 heteroatoms. The van der Waals surface area contributed by atoms with E-state index in [0.29, 0.717) is 12.1 Å². The molecule has 0 radical (unpaired) electrons. The lowest BCUT2D eigenvalue weighted by molar-refractivity contribution is 0.0761. The summed E-state index contributed by atoms with van der Waals surface area (Å²) in [6.07, 6.45) is 11.6. The number of carbonyl (C=O) groups excluding carboxylic acids is 1. The highest BCUT2D eigenvalue weighted by molar-refractivity contribution is 5.94. The average Bonchev–Trinajstić information content (AvgIpc) is 2.90. The van der Waals surface area contributed by atoms with Crippen molar-refractivity contribution in [2.45, 2.75) is 32.2 Å². The Bertz CT molecular complexity index is 636. The van der Waals surface area contributed by atoms with Gasteiger partial charge in [-0.2, -0.15) is 0 Å². The van der Waals surface area contributed by atoms with E-state index in [1.54, 1.807) is 18.6 Å². The Morgan fingerprint density at radius 3 is 2.65 bits per heavy atom. The number of amides is 1. The first-order valence-corrected chi connectivity index (χ1v) is 8.20. The number of hydrogen-bond acceptors (Lipinski definition) is 4. The van der Waals surface area contributed by atoms with Crippen molar-refractivity contribution < 1.29 is 4.79 Å². The molecule has 0 saturated carbocycles. The van der Waals surface area contributed by atoms with Gasteiger partial charge in [-0.3, -0.25) is 14.8 Å². The zero-order valence-corrected chi connectivity index (χ0v) is 13.2. The molecule has 0 unspecified atom stereocenters. The van der Waals surface area contributed by atoms with Crippen molar-refractivity contribution in [1.82, 2.24) is 14.9 Å². The lowest BCUT2D eigenvalue weighted by atomic mass is 10.2. The van der Waals surface area contributed by atoms with Crippen LogP contribution in [-0.4, -0.2) is 33.9 Å². The van der Waals surface area contributed by atoms with Crippen molar-refractivity contribution in [3.63, 3.8) is 0 Å². The molecule has 1 saturated heterocycles. The number of hydrogen-bond donors (Lipinski definition) is 1. The van der Waals surface area contributed by atoms with Gasteiger partial charge < -0.3 is 10.2 Å². The highest BCUT2D eigenvalue weighted by atomic mass is 16.2. The van der Waals surface area contributed by atoms with E-state index >= 15 is 0 Å². The number of pyridine rings is 2. The van der Waals surface area contributed by atoms with E-state index in [2.05, 4.69) is 15.3 Å². The number of rotatable bonds is 4. The Kier molecular flexibility index (Phi) is 5.19. The molecule has 1 N–H and O–H groups in total. The normalized spacial score (nSPS) is 15.0. The van der Waals surface area contributed by atoms with Crippen LogP contribution in [0.25, 0.3) is 0 Å². The summed E-state index contributed by atoms with van der Waals surface area (Å²) in [6, 6.07) is 5.81. The second-order valence-corrected chi connectivity index (χ2v) is 5.88. The Hall–Kier alpha value is -2.43. The number of nitrogens with zero attached hydrogens (tertiary/aromatic N) is 3. The second kappa shape index (κ2) is 7.72. The second-order valence-electron chi connectivity index (χ2n) is 5.88. The zero-order valence-electron chi connectivity index (χ0n) is 13.2. The van der Waals surface area contributed by atoms with Crippen molar-refractivity contribution in [3.05, 3.63) is 54.1 Å². The summed E-state index contributed by atoms with van der Waals surface area (Å²) in [7, 11) is 0. The van der Waals surface area contributed by atoms with Crippen LogP contribution in [-0.2, 0) is 6.54 Å². The van der Waals surface area contributed by atoms with Crippen LogP contribution in [0.15, 0.2) is 43.0 Å². The first-order chi connectivity index (χ1) is 11.3. The van der Waals surface area contributed by atoms with Crippen molar-refractivity contribution in [2.75, 3.05) is 18.4 Å². The predicted molar refractivity (Wildman–Crippen MR) is 90.2 cm³/mol. The van der Waals surface area contributed by atoms with E-state index in [4.69, 9.17) is 0 Å². The molecule has 1 aliphatic heterocycles. The van der Waals surface area contributed by atoms with Crippen LogP contribution in [0.1, 0.15) is 41.6 Å². The van der Waals surface area contributed by atoms with E-state index in [-0.39, 0.29) is 5.91 Å². The quantitative estimate of drug-likeness (QED) is 0.942. The number of aromatic nitrogens is 2. The fourth-order valence-corrected chi connectivity index (χ4v) is 2.82. The van der Waals surface area contributed by atoms with Gasteiger partial charge in [0.15, 0.2) is 0 Å². The van der Waals surface area contributed by atoms with Gasteiger partial charge in [0.25, 0.3) is 5.91 Å². The first-order valence-electron chi connectivity index (χ1n) is 8.20. The maximum absolute atomic E-state index is 12.6. The van der Waals surface area contributed by atoms with E-state index in [0.717, 1.165) is 37.2 Å². The zero-order chi connectivity index (χ0) is 15.9. The number of carbonyl (C=O) groups is 1. The largest absolute Gasteiger partial charge is 0.380 e. The molecular weight excluding hydrogens is 288 g/mol. The topological polar surface area (TPSA) is 58.1 Å². The Morgan fingerprint density at radius 2 is 1.91 bits per heavy atom. The minimum absolute atomic E-state index is 0.0874. The maximum Gasteiger partial charge on any atom is 0.255 e. The molecule has 2 aromatic rings. The van der Waals surface area contributed by atoms with Gasteiger partial charge in [0.05, 0.1) is 11.3 Å². The molecule has 120 valence electrons. The molecule has 0 atom stereocenters. The number of anilines is 1. The van der Waals surface area contributed by atoms with Gasteiger partial charge in [-0.05, 0) is 30.5 Å². The fraction of sp³-hybridized carbons (Fsp3) is 0.389. The van der Waals surface area contributed by atoms with Gasteiger partial charge in [0, 0.05) is 44.4 Å². The standard InChI is InChI=1S/C18H22N4O/c23-18(22-8-3-1-2-4-9-22)16-10-17(14-20-13-16)21-12-15-6-5-7-19-11-15/h5-7,10-11,13-14,21H,1-4,8-9,12H2. The maximum atomic E-state index is 12.6. The lowest BCUT2D eigenvalue weighted by Gasteiger charge is -2.20. The molecule has 0 spiro atoms. The molecule has 0 aliphatic carbocycles. The van der Waals surface area contributed by atoms with Gasteiger partial charge in [0.2, 0.25) is 0 Å². The molecule has 0 bridgehead atoms. The summed E-state index contributed by atoms with van der Waals surface area (Å²) < 4.78 is 0. The van der Waals surface area contributed by atoms with Crippen molar-refractivity contribution in [3.8, 4) is 0 Å². The third-order valence-electron chi connectivity index (χ3n) is 4.10. The summed E-state index contributed by atoms with van der Waals surface area (Å²) >= 11 is 0. The lowest BCUT2D eigenvalue weighted by Crippen LogP contribution is -2.31. The summed E-state index contributed by atoms with van der Waals surface area (Å²) in [5.41, 5.74) is 2.61. The monoisotopic (exact) mass is 310 g/mol. The van der Waals surface area contributed by atoms with E-state index in [1.807, 2.05) is 29.3 Å². The molecule has 3 rings (SSSR count). The van der Waals surface area contributed by atoms with Gasteiger partial charge >= 0.3 is 0 Å². The minimum atomic E-state index is 0.0874. The van der Waals surface area contributed by atoms with Gasteiger partial charge in [-0.15, -0.1) is 0 Å². The smallest absolute Gasteiger partial charge is 0.255 e. The van der Waals surface area contributed by atoms with Crippen LogP contribution >= 0.6 is 0 Å². The fourth-order valence-electron chi connectivity index (χ4n) is 2.82. The molecule has 1 fully saturated rings. The van der Waals surface area contributed by atoms with Gasteiger partial charge in [0.1, 0.15) is 0 Å². The van der Waals surface area contributed by atoms with E-state index < -0.39 is 0 Å². The third kappa shape index (κ3) is 4.28. The van der Waals surface area contributed by atoms with Gasteiger partial charge in [-0.25, -0.2) is 0 Å². The van der Waals surface area contributed by atoms with Crippen molar-refractivity contribution in [2.24, 2.45) is 0 Å². The SMILES string of the molecule is O=C(c1cncc(NCc2cccnc2)c1)N1CCCCCC1. The molecule has 23 heavy (non-hydrogen) atoms. The van der Waals surface area contributed by atoms with E-state index in [9.17, 15) is 4.79 Å². The van der Waals surface area contributed by atoms with Crippen molar-refractivity contribution in [1.29, 1.82) is 0 Å². The van der Waals surface area contributed by atoms with Crippen LogP contribution in [0.2, 0.25) is 0 Å². The van der Waals surface area contributed by atoms with Crippen LogP contribution in [0.4, 0.5) is 5.69 Å². The molecule has 3 heterocycles. The highest BCUT2D eigenvalue weighted by Crippen LogP contribution is 2.16. The van der Waals surface area contributed by atoms with Gasteiger partial charge in [-0.1, -0.05) is 18.9 Å². The Balaban J connectivity index is 1.65. The number of likely N-dealkylation sites (tertiary alicyclic amines) is 1. The third-order valence-corrected chi connectivity index (χ3v) is 4.10. The summed E-state index contributed by atoms with van der Waals surface area (Å²) in [4.78, 5) is 22.9. The van der Waals surface area contributed by atoms with Crippen LogP contribution < -0.4 is 5.32 Å². The molecular formula is C18H22N4O. The molecule has 5 nitrogen and oxygen atoms in total. The Labute approximate surface area is 136 Å². The van der Waals surface area contributed by atoms with E-state index in [1.165, 1.54) is 12.8 Å². The first kappa shape index (κ1) is 15.5. The molecule has 0 aromatic carbocycles.